The van der Waals surface area contributed by atoms with Crippen molar-refractivity contribution in [1.82, 2.24) is 24.8 Å². The lowest BCUT2D eigenvalue weighted by Crippen LogP contribution is -2.57. The second-order valence-electron chi connectivity index (χ2n) is 8.69. The highest BCUT2D eigenvalue weighted by molar-refractivity contribution is 7.15. The zero-order valence-corrected chi connectivity index (χ0v) is 20.8. The molecule has 3 aromatic rings. The van der Waals surface area contributed by atoms with Crippen LogP contribution >= 0.6 is 11.3 Å². The Morgan fingerprint density at radius 1 is 1.24 bits per heavy atom. The Balaban J connectivity index is 1.62. The number of pyridine rings is 1. The fraction of sp³-hybridized carbons (Fsp3) is 0.435. The lowest BCUT2D eigenvalue weighted by molar-refractivity contribution is -0.138. The number of carbonyl (C=O) groups excluding carboxylic acids is 1. The van der Waals surface area contributed by atoms with E-state index in [-0.39, 0.29) is 18.2 Å². The molecule has 4 rings (SSSR count). The predicted octanol–water partition coefficient (Wildman–Crippen LogP) is 4.93. The molecule has 8 nitrogen and oxygen atoms in total. The number of aryl methyl sites for hydroxylation is 1. The maximum absolute atomic E-state index is 14.6. The highest BCUT2D eigenvalue weighted by Gasteiger charge is 2.47. The predicted molar refractivity (Wildman–Crippen MR) is 126 cm³/mol. The Kier molecular flexibility index (Phi) is 7.31. The van der Waals surface area contributed by atoms with Crippen LogP contribution < -0.4 is 10.1 Å². The molecule has 4 heterocycles. The minimum atomic E-state index is -4.59. The first-order valence-corrected chi connectivity index (χ1v) is 12.0. The third-order valence-electron chi connectivity index (χ3n) is 5.89. The van der Waals surface area contributed by atoms with E-state index in [9.17, 15) is 26.7 Å². The van der Waals surface area contributed by atoms with Crippen LogP contribution in [0.2, 0.25) is 0 Å². The van der Waals surface area contributed by atoms with Crippen LogP contribution in [0.25, 0.3) is 10.6 Å². The van der Waals surface area contributed by atoms with Crippen LogP contribution in [0.1, 0.15) is 34.4 Å². The van der Waals surface area contributed by atoms with Gasteiger partial charge in [-0.15, -0.1) is 11.3 Å². The summed E-state index contributed by atoms with van der Waals surface area (Å²) in [5, 5.41) is 3.33. The maximum atomic E-state index is 14.6. The van der Waals surface area contributed by atoms with Crippen molar-refractivity contribution in [3.8, 4) is 16.5 Å². The Bertz CT molecular complexity index is 1270. The van der Waals surface area contributed by atoms with Gasteiger partial charge in [0.05, 0.1) is 40.8 Å². The number of ether oxygens (including phenoxy) is 1. The van der Waals surface area contributed by atoms with E-state index in [0.29, 0.717) is 33.9 Å². The number of aromatic nitrogens is 4. The van der Waals surface area contributed by atoms with Crippen molar-refractivity contribution < 1.29 is 31.5 Å². The van der Waals surface area contributed by atoms with Crippen molar-refractivity contribution in [1.29, 1.82) is 0 Å². The number of rotatable bonds is 6. The van der Waals surface area contributed by atoms with Crippen LogP contribution in [0, 0.1) is 12.8 Å². The monoisotopic (exact) mass is 542 g/mol. The minimum absolute atomic E-state index is 0.0102. The Hall–Kier alpha value is -3.42. The molecule has 1 amide bonds. The van der Waals surface area contributed by atoms with Gasteiger partial charge in [0.2, 0.25) is 11.8 Å². The van der Waals surface area contributed by atoms with Crippen molar-refractivity contribution in [3.05, 3.63) is 46.9 Å². The SMILES string of the molecule is COc1cccc(-c2sc(C)nc2C(=O)N2CC(F)(F)C[C@@H](C)[C@H]2CNc2ncc(C(F)(F)F)cn2)n1. The molecule has 0 spiro atoms. The smallest absolute Gasteiger partial charge is 0.419 e. The van der Waals surface area contributed by atoms with Gasteiger partial charge in [-0.05, 0) is 18.9 Å². The molecule has 1 saturated heterocycles. The molecule has 0 saturated carbocycles. The second-order valence-corrected chi connectivity index (χ2v) is 9.89. The first-order valence-electron chi connectivity index (χ1n) is 11.2. The number of methoxy groups -OCH3 is 1. The standard InChI is InChI=1S/C23H23F5N6O2S/c1-12-7-22(24,25)11-34(16(12)10-31-21-29-8-14(9-30-21)23(26,27)28)20(35)18-19(37-13(2)32-18)15-5-4-6-17(33-15)36-3/h4-6,8-9,12,16H,7,10-11H2,1-3H3,(H,29,30,31)/t12-,16-/m1/s1. The lowest BCUT2D eigenvalue weighted by atomic mass is 9.88. The van der Waals surface area contributed by atoms with E-state index in [1.807, 2.05) is 0 Å². The third-order valence-corrected chi connectivity index (χ3v) is 6.88. The van der Waals surface area contributed by atoms with E-state index < -0.39 is 48.5 Å². The number of halogens is 5. The number of piperidine rings is 1. The fourth-order valence-electron chi connectivity index (χ4n) is 4.18. The number of carbonyl (C=O) groups is 1. The van der Waals surface area contributed by atoms with Gasteiger partial charge in [-0.25, -0.2) is 28.7 Å². The molecule has 0 radical (unpaired) electrons. The summed E-state index contributed by atoms with van der Waals surface area (Å²) in [6.45, 7) is 2.39. The maximum Gasteiger partial charge on any atom is 0.419 e. The van der Waals surface area contributed by atoms with Crippen molar-refractivity contribution in [3.63, 3.8) is 0 Å². The first kappa shape index (κ1) is 26.6. The Labute approximate surface area is 212 Å². The van der Waals surface area contributed by atoms with E-state index in [0.717, 1.165) is 4.90 Å². The van der Waals surface area contributed by atoms with Crippen molar-refractivity contribution in [2.45, 2.75) is 38.4 Å². The molecule has 1 aliphatic heterocycles. The van der Waals surface area contributed by atoms with Gasteiger partial charge in [0.15, 0.2) is 0 Å². The van der Waals surface area contributed by atoms with Gasteiger partial charge in [-0.1, -0.05) is 13.0 Å². The fourth-order valence-corrected chi connectivity index (χ4v) is 5.06. The normalized spacial score (nSPS) is 19.5. The zero-order chi connectivity index (χ0) is 27.0. The van der Waals surface area contributed by atoms with Crippen LogP contribution in [-0.2, 0) is 6.18 Å². The number of anilines is 1. The summed E-state index contributed by atoms with van der Waals surface area (Å²) in [5.74, 6) is -4.27. The average molecular weight is 543 g/mol. The molecule has 1 N–H and O–H groups in total. The molecule has 0 unspecified atom stereocenters. The van der Waals surface area contributed by atoms with Crippen LogP contribution in [0.3, 0.4) is 0 Å². The molecule has 3 aromatic heterocycles. The molecule has 1 aliphatic rings. The lowest BCUT2D eigenvalue weighted by Gasteiger charge is -2.43. The molecule has 1 fully saturated rings. The minimum Gasteiger partial charge on any atom is -0.481 e. The zero-order valence-electron chi connectivity index (χ0n) is 20.0. The van der Waals surface area contributed by atoms with E-state index in [4.69, 9.17) is 4.74 Å². The van der Waals surface area contributed by atoms with Crippen LogP contribution in [0.5, 0.6) is 5.88 Å². The molecule has 2 atom stereocenters. The molecule has 198 valence electrons. The Morgan fingerprint density at radius 2 is 1.95 bits per heavy atom. The molecule has 0 aromatic carbocycles. The van der Waals surface area contributed by atoms with E-state index >= 15 is 0 Å². The first-order chi connectivity index (χ1) is 17.4. The molecule has 0 aliphatic carbocycles. The number of amides is 1. The van der Waals surface area contributed by atoms with Gasteiger partial charge in [0.25, 0.3) is 11.8 Å². The molecule has 37 heavy (non-hydrogen) atoms. The number of likely N-dealkylation sites (tertiary alicyclic amines) is 1. The average Bonchev–Trinajstić information content (AvgIpc) is 3.23. The largest absolute Gasteiger partial charge is 0.481 e. The van der Waals surface area contributed by atoms with Crippen LogP contribution in [0.15, 0.2) is 30.6 Å². The van der Waals surface area contributed by atoms with Gasteiger partial charge in [0, 0.05) is 31.4 Å². The van der Waals surface area contributed by atoms with E-state index in [2.05, 4.69) is 25.3 Å². The summed E-state index contributed by atoms with van der Waals surface area (Å²) in [7, 11) is 1.45. The number of thiazole rings is 1. The third kappa shape index (κ3) is 5.95. The van der Waals surface area contributed by atoms with Crippen molar-refractivity contribution in [2.24, 2.45) is 5.92 Å². The summed E-state index contributed by atoms with van der Waals surface area (Å²) in [6.07, 6.45) is -3.80. The van der Waals surface area contributed by atoms with E-state index in [1.54, 1.807) is 32.0 Å². The van der Waals surface area contributed by atoms with Crippen LogP contribution in [-0.4, -0.2) is 62.9 Å². The van der Waals surface area contributed by atoms with Crippen molar-refractivity contribution >= 4 is 23.2 Å². The van der Waals surface area contributed by atoms with Gasteiger partial charge in [-0.2, -0.15) is 13.2 Å². The molecule has 0 bridgehead atoms. The summed E-state index contributed by atoms with van der Waals surface area (Å²) >= 11 is 1.20. The number of nitrogens with zero attached hydrogens (tertiary/aromatic N) is 5. The van der Waals surface area contributed by atoms with Crippen LogP contribution in [0.4, 0.5) is 27.9 Å². The number of hydrogen-bond donors (Lipinski definition) is 1. The summed E-state index contributed by atoms with van der Waals surface area (Å²) in [6, 6.07) is 4.27. The number of alkyl halides is 5. The van der Waals surface area contributed by atoms with Gasteiger partial charge in [-0.3, -0.25) is 4.79 Å². The van der Waals surface area contributed by atoms with Gasteiger partial charge < -0.3 is 15.0 Å². The van der Waals surface area contributed by atoms with E-state index in [1.165, 1.54) is 18.4 Å². The Morgan fingerprint density at radius 3 is 2.59 bits per heavy atom. The summed E-state index contributed by atoms with van der Waals surface area (Å²) in [4.78, 5) is 31.1. The topological polar surface area (TPSA) is 93.1 Å². The molecule has 14 heteroatoms. The highest BCUT2D eigenvalue weighted by Crippen LogP contribution is 2.37. The number of nitrogens with one attached hydrogen (secondary N) is 1. The summed E-state index contributed by atoms with van der Waals surface area (Å²) < 4.78 is 72.7. The second kappa shape index (κ2) is 10.1. The summed E-state index contributed by atoms with van der Waals surface area (Å²) in [5.41, 5.74) is -0.611. The quantitative estimate of drug-likeness (QED) is 0.442. The highest BCUT2D eigenvalue weighted by atomic mass is 32.1. The number of hydrogen-bond acceptors (Lipinski definition) is 8. The van der Waals surface area contributed by atoms with Gasteiger partial charge >= 0.3 is 6.18 Å². The van der Waals surface area contributed by atoms with Gasteiger partial charge in [0.1, 0.15) is 5.69 Å². The molecular formula is C23H23F5N6O2S. The van der Waals surface area contributed by atoms with Crippen molar-refractivity contribution in [2.75, 3.05) is 25.5 Å². The molecular weight excluding hydrogens is 519 g/mol.